The highest BCUT2D eigenvalue weighted by molar-refractivity contribution is 7.99. The van der Waals surface area contributed by atoms with E-state index in [0.29, 0.717) is 13.1 Å². The summed E-state index contributed by atoms with van der Waals surface area (Å²) in [5.74, 6) is 1.64. The molecule has 7 heteroatoms. The molecule has 0 saturated carbocycles. The van der Waals surface area contributed by atoms with Gasteiger partial charge in [-0.1, -0.05) is 36.0 Å². The van der Waals surface area contributed by atoms with E-state index < -0.39 is 0 Å². The van der Waals surface area contributed by atoms with Crippen LogP contribution in [0, 0.1) is 6.92 Å². The molecule has 1 aromatic carbocycles. The maximum absolute atomic E-state index is 12.0. The Balaban J connectivity index is 1.35. The number of fused-ring (bicyclic) bond motifs is 1. The molecule has 1 amide bonds. The van der Waals surface area contributed by atoms with Crippen molar-refractivity contribution in [1.29, 1.82) is 0 Å². The summed E-state index contributed by atoms with van der Waals surface area (Å²) in [4.78, 5) is 18.3. The van der Waals surface area contributed by atoms with Crippen molar-refractivity contribution < 1.29 is 4.79 Å². The number of hydrogen-bond acceptors (Lipinski definition) is 5. The fourth-order valence-electron chi connectivity index (χ4n) is 2.49. The molecule has 6 nitrogen and oxygen atoms in total. The number of H-pyrrole nitrogens is 1. The van der Waals surface area contributed by atoms with Crippen LogP contribution in [0.5, 0.6) is 0 Å². The van der Waals surface area contributed by atoms with Gasteiger partial charge in [0.1, 0.15) is 5.82 Å². The first kappa shape index (κ1) is 15.1. The van der Waals surface area contributed by atoms with Gasteiger partial charge < -0.3 is 5.32 Å². The number of carbonyl (C=O) groups excluding carboxylic acids is 1. The Kier molecular flexibility index (Phi) is 4.74. The molecule has 0 aliphatic carbocycles. The van der Waals surface area contributed by atoms with E-state index in [1.807, 2.05) is 19.1 Å². The molecule has 1 aliphatic heterocycles. The zero-order valence-corrected chi connectivity index (χ0v) is 13.3. The lowest BCUT2D eigenvalue weighted by molar-refractivity contribution is -0.122. The number of nitrogens with zero attached hydrogens (tertiary/aromatic N) is 3. The Morgan fingerprint density at radius 1 is 1.36 bits per heavy atom. The molecule has 22 heavy (non-hydrogen) atoms. The number of rotatable bonds is 6. The van der Waals surface area contributed by atoms with Gasteiger partial charge in [0.25, 0.3) is 0 Å². The zero-order chi connectivity index (χ0) is 15.4. The molecule has 0 atom stereocenters. The van der Waals surface area contributed by atoms with Crippen LogP contribution in [0.1, 0.15) is 17.0 Å². The number of aromatic nitrogens is 3. The van der Waals surface area contributed by atoms with Crippen molar-refractivity contribution in [2.45, 2.75) is 25.2 Å². The van der Waals surface area contributed by atoms with E-state index in [4.69, 9.17) is 0 Å². The Labute approximate surface area is 133 Å². The minimum Gasteiger partial charge on any atom is -0.354 e. The predicted octanol–water partition coefficient (Wildman–Crippen LogP) is 1.34. The standard InChI is InChI=1S/C15H19N5OS/c1-11-17-15(19-18-11)22-7-6-16-14(21)10-20-8-12-4-2-3-5-13(12)9-20/h2-5H,6-10H2,1H3,(H,16,21)(H,17,18,19). The fourth-order valence-corrected chi connectivity index (χ4v) is 3.19. The number of amides is 1. The van der Waals surface area contributed by atoms with Crippen LogP contribution in [0.2, 0.25) is 0 Å². The van der Waals surface area contributed by atoms with Crippen molar-refractivity contribution in [3.05, 3.63) is 41.2 Å². The largest absolute Gasteiger partial charge is 0.354 e. The van der Waals surface area contributed by atoms with E-state index in [-0.39, 0.29) is 5.91 Å². The van der Waals surface area contributed by atoms with Gasteiger partial charge in [-0.3, -0.25) is 14.8 Å². The summed E-state index contributed by atoms with van der Waals surface area (Å²) in [7, 11) is 0. The Bertz CT molecular complexity index is 632. The molecule has 0 bridgehead atoms. The lowest BCUT2D eigenvalue weighted by Crippen LogP contribution is -2.35. The van der Waals surface area contributed by atoms with E-state index in [1.54, 1.807) is 0 Å². The molecule has 0 saturated heterocycles. The lowest BCUT2D eigenvalue weighted by Gasteiger charge is -2.14. The highest BCUT2D eigenvalue weighted by atomic mass is 32.2. The molecule has 0 radical (unpaired) electrons. The van der Waals surface area contributed by atoms with Gasteiger partial charge in [0.2, 0.25) is 11.1 Å². The summed E-state index contributed by atoms with van der Waals surface area (Å²) in [6, 6.07) is 8.35. The lowest BCUT2D eigenvalue weighted by atomic mass is 10.1. The Morgan fingerprint density at radius 2 is 2.09 bits per heavy atom. The van der Waals surface area contributed by atoms with Gasteiger partial charge in [-0.05, 0) is 18.1 Å². The zero-order valence-electron chi connectivity index (χ0n) is 12.5. The van der Waals surface area contributed by atoms with E-state index in [1.165, 1.54) is 22.9 Å². The number of nitrogens with one attached hydrogen (secondary N) is 2. The Hall–Kier alpha value is -1.86. The maximum atomic E-state index is 12.0. The minimum atomic E-state index is 0.0690. The van der Waals surface area contributed by atoms with Crippen molar-refractivity contribution >= 4 is 17.7 Å². The predicted molar refractivity (Wildman–Crippen MR) is 85.4 cm³/mol. The summed E-state index contributed by atoms with van der Waals surface area (Å²) in [6.45, 7) is 4.65. The molecule has 2 aromatic rings. The van der Waals surface area contributed by atoms with Crippen molar-refractivity contribution in [3.63, 3.8) is 0 Å². The molecule has 2 N–H and O–H groups in total. The Morgan fingerprint density at radius 3 is 2.73 bits per heavy atom. The number of aromatic amines is 1. The van der Waals surface area contributed by atoms with Crippen molar-refractivity contribution in [2.75, 3.05) is 18.8 Å². The highest BCUT2D eigenvalue weighted by Crippen LogP contribution is 2.21. The smallest absolute Gasteiger partial charge is 0.234 e. The quantitative estimate of drug-likeness (QED) is 0.621. The fraction of sp³-hybridized carbons (Fsp3) is 0.400. The van der Waals surface area contributed by atoms with Gasteiger partial charge in [-0.25, -0.2) is 4.98 Å². The number of thioether (sulfide) groups is 1. The van der Waals surface area contributed by atoms with Crippen molar-refractivity contribution in [1.82, 2.24) is 25.4 Å². The second-order valence-corrected chi connectivity index (χ2v) is 6.38. The molecular weight excluding hydrogens is 298 g/mol. The molecule has 116 valence electrons. The van der Waals surface area contributed by atoms with Gasteiger partial charge >= 0.3 is 0 Å². The number of aryl methyl sites for hydroxylation is 1. The van der Waals surface area contributed by atoms with Crippen molar-refractivity contribution in [3.8, 4) is 0 Å². The van der Waals surface area contributed by atoms with E-state index in [9.17, 15) is 4.79 Å². The van der Waals surface area contributed by atoms with Gasteiger partial charge in [0.15, 0.2) is 0 Å². The third-order valence-electron chi connectivity index (χ3n) is 3.51. The third-order valence-corrected chi connectivity index (χ3v) is 4.35. The monoisotopic (exact) mass is 317 g/mol. The first-order chi connectivity index (χ1) is 10.7. The maximum Gasteiger partial charge on any atom is 0.234 e. The second kappa shape index (κ2) is 6.93. The van der Waals surface area contributed by atoms with Gasteiger partial charge in [0.05, 0.1) is 6.54 Å². The average molecular weight is 317 g/mol. The SMILES string of the molecule is Cc1nc(SCCNC(=O)CN2Cc3ccccc3C2)n[nH]1. The van der Waals surface area contributed by atoms with Gasteiger partial charge in [-0.2, -0.15) is 0 Å². The van der Waals surface area contributed by atoms with E-state index in [0.717, 1.165) is 29.8 Å². The summed E-state index contributed by atoms with van der Waals surface area (Å²) in [5.41, 5.74) is 2.65. The van der Waals surface area contributed by atoms with Crippen LogP contribution < -0.4 is 5.32 Å². The van der Waals surface area contributed by atoms with Crippen LogP contribution in [0.25, 0.3) is 0 Å². The van der Waals surface area contributed by atoms with Gasteiger partial charge in [-0.15, -0.1) is 5.10 Å². The highest BCUT2D eigenvalue weighted by Gasteiger charge is 2.19. The van der Waals surface area contributed by atoms with Crippen LogP contribution in [-0.4, -0.2) is 44.8 Å². The third kappa shape index (κ3) is 3.86. The molecule has 1 aliphatic rings. The van der Waals surface area contributed by atoms with Crippen LogP contribution in [0.3, 0.4) is 0 Å². The number of hydrogen-bond donors (Lipinski definition) is 2. The molecule has 0 fully saturated rings. The molecule has 1 aromatic heterocycles. The number of carbonyl (C=O) groups is 1. The average Bonchev–Trinajstić information content (AvgIpc) is 3.09. The van der Waals surface area contributed by atoms with E-state index in [2.05, 4.69) is 37.5 Å². The topological polar surface area (TPSA) is 73.9 Å². The molecule has 3 rings (SSSR count). The number of benzene rings is 1. The molecule has 0 unspecified atom stereocenters. The van der Waals surface area contributed by atoms with Gasteiger partial charge in [0, 0.05) is 25.4 Å². The van der Waals surface area contributed by atoms with Crippen molar-refractivity contribution in [2.24, 2.45) is 0 Å². The second-order valence-electron chi connectivity index (χ2n) is 5.32. The summed E-state index contributed by atoms with van der Waals surface area (Å²) in [6.07, 6.45) is 0. The first-order valence-corrected chi connectivity index (χ1v) is 8.27. The minimum absolute atomic E-state index is 0.0690. The van der Waals surface area contributed by atoms with Crippen LogP contribution in [0.4, 0.5) is 0 Å². The summed E-state index contributed by atoms with van der Waals surface area (Å²) >= 11 is 1.53. The molecule has 2 heterocycles. The summed E-state index contributed by atoms with van der Waals surface area (Å²) in [5, 5.41) is 10.5. The van der Waals surface area contributed by atoms with Crippen LogP contribution >= 0.6 is 11.8 Å². The first-order valence-electron chi connectivity index (χ1n) is 7.28. The summed E-state index contributed by atoms with van der Waals surface area (Å²) < 4.78 is 0. The van der Waals surface area contributed by atoms with Crippen LogP contribution in [-0.2, 0) is 17.9 Å². The normalized spacial score (nSPS) is 14.0. The molecular formula is C15H19N5OS. The van der Waals surface area contributed by atoms with E-state index >= 15 is 0 Å². The molecule has 0 spiro atoms. The van der Waals surface area contributed by atoms with Crippen LogP contribution in [0.15, 0.2) is 29.4 Å².